The molecule has 3 rings (SSSR count). The first-order valence-electron chi connectivity index (χ1n) is 8.42. The van der Waals surface area contributed by atoms with Gasteiger partial charge >= 0.3 is 5.97 Å². The molecule has 1 unspecified atom stereocenters. The number of ether oxygens (including phenoxy) is 3. The molecule has 1 aliphatic carbocycles. The van der Waals surface area contributed by atoms with E-state index in [2.05, 4.69) is 0 Å². The summed E-state index contributed by atoms with van der Waals surface area (Å²) in [5.74, 6) is -0.586. The van der Waals surface area contributed by atoms with Gasteiger partial charge in [0.25, 0.3) is 0 Å². The Morgan fingerprint density at radius 2 is 1.81 bits per heavy atom. The van der Waals surface area contributed by atoms with Crippen LogP contribution >= 0.6 is 0 Å². The van der Waals surface area contributed by atoms with Gasteiger partial charge in [-0.2, -0.15) is 0 Å². The molecule has 0 radical (unpaired) electrons. The molecule has 0 saturated carbocycles. The van der Waals surface area contributed by atoms with E-state index in [1.54, 1.807) is 31.2 Å². The first kappa shape index (κ1) is 17.9. The standard InChI is InChI=1S/C20H19FO5/c1-3-24-15-6-4-5-7-16(15)25-11-18(23)26-17-9-8-13(21)19-12(2)10-14(22)20(17)19/h4-9,12H,3,10-11H2,1-2H3. The number of esters is 1. The molecule has 0 aromatic heterocycles. The molecule has 2 aromatic rings. The normalized spacial score (nSPS) is 15.5. The highest BCUT2D eigenvalue weighted by Crippen LogP contribution is 2.39. The highest BCUT2D eigenvalue weighted by molar-refractivity contribution is 6.04. The maximum Gasteiger partial charge on any atom is 0.349 e. The molecule has 2 aromatic carbocycles. The van der Waals surface area contributed by atoms with Crippen LogP contribution in [-0.4, -0.2) is 25.0 Å². The Kier molecular flexibility index (Phi) is 5.21. The Morgan fingerprint density at radius 3 is 2.50 bits per heavy atom. The Bertz CT molecular complexity index is 846. The van der Waals surface area contributed by atoms with Gasteiger partial charge in [-0.15, -0.1) is 0 Å². The number of Topliss-reactive ketones (excluding diaryl/α,β-unsaturated/α-hetero) is 1. The van der Waals surface area contributed by atoms with Crippen LogP contribution in [0.4, 0.5) is 4.39 Å². The molecular weight excluding hydrogens is 339 g/mol. The van der Waals surface area contributed by atoms with Gasteiger partial charge in [0.05, 0.1) is 12.2 Å². The molecule has 1 atom stereocenters. The summed E-state index contributed by atoms with van der Waals surface area (Å²) >= 11 is 0. The van der Waals surface area contributed by atoms with Gasteiger partial charge < -0.3 is 14.2 Å². The summed E-state index contributed by atoms with van der Waals surface area (Å²) < 4.78 is 30.1. The highest BCUT2D eigenvalue weighted by Gasteiger charge is 2.33. The topological polar surface area (TPSA) is 61.8 Å². The van der Waals surface area contributed by atoms with E-state index in [0.717, 1.165) is 0 Å². The molecule has 1 aliphatic rings. The Labute approximate surface area is 150 Å². The van der Waals surface area contributed by atoms with E-state index in [-0.39, 0.29) is 36.0 Å². The summed E-state index contributed by atoms with van der Waals surface area (Å²) in [6.45, 7) is 3.72. The number of fused-ring (bicyclic) bond motifs is 1. The molecule has 5 nitrogen and oxygen atoms in total. The van der Waals surface area contributed by atoms with Gasteiger partial charge in [0, 0.05) is 12.0 Å². The number of halogens is 1. The molecular formula is C20H19FO5. The van der Waals surface area contributed by atoms with Crippen LogP contribution in [0.1, 0.15) is 42.1 Å². The molecule has 0 aliphatic heterocycles. The van der Waals surface area contributed by atoms with Crippen LogP contribution in [0, 0.1) is 5.82 Å². The molecule has 6 heteroatoms. The Balaban J connectivity index is 1.72. The van der Waals surface area contributed by atoms with E-state index >= 15 is 0 Å². The van der Waals surface area contributed by atoms with Crippen molar-refractivity contribution in [3.05, 3.63) is 53.3 Å². The van der Waals surface area contributed by atoms with Gasteiger partial charge in [-0.1, -0.05) is 19.1 Å². The number of ketones is 1. The predicted molar refractivity (Wildman–Crippen MR) is 92.5 cm³/mol. The van der Waals surface area contributed by atoms with Crippen molar-refractivity contribution in [2.75, 3.05) is 13.2 Å². The van der Waals surface area contributed by atoms with Gasteiger partial charge in [-0.3, -0.25) is 4.79 Å². The number of carbonyl (C=O) groups excluding carboxylic acids is 2. The number of rotatable bonds is 6. The number of benzene rings is 2. The van der Waals surface area contributed by atoms with E-state index in [1.165, 1.54) is 12.1 Å². The van der Waals surface area contributed by atoms with Crippen molar-refractivity contribution in [3.63, 3.8) is 0 Å². The second-order valence-electron chi connectivity index (χ2n) is 6.01. The van der Waals surface area contributed by atoms with Crippen LogP contribution in [0.15, 0.2) is 36.4 Å². The average Bonchev–Trinajstić information content (AvgIpc) is 2.92. The smallest absolute Gasteiger partial charge is 0.349 e. The maximum atomic E-state index is 14.0. The molecule has 0 saturated heterocycles. The first-order valence-corrected chi connectivity index (χ1v) is 8.42. The van der Waals surface area contributed by atoms with Crippen LogP contribution in [0.3, 0.4) is 0 Å². The predicted octanol–water partition coefficient (Wildman–Crippen LogP) is 3.90. The average molecular weight is 358 g/mol. The number of para-hydroxylation sites is 2. The lowest BCUT2D eigenvalue weighted by atomic mass is 10.0. The van der Waals surface area contributed by atoms with E-state index < -0.39 is 11.8 Å². The lowest BCUT2D eigenvalue weighted by molar-refractivity contribution is -0.136. The van der Waals surface area contributed by atoms with Gasteiger partial charge in [0.15, 0.2) is 23.9 Å². The number of carbonyl (C=O) groups is 2. The van der Waals surface area contributed by atoms with E-state index in [9.17, 15) is 14.0 Å². The summed E-state index contributed by atoms with van der Waals surface area (Å²) in [5, 5.41) is 0. The van der Waals surface area contributed by atoms with Gasteiger partial charge in [-0.25, -0.2) is 9.18 Å². The summed E-state index contributed by atoms with van der Waals surface area (Å²) in [7, 11) is 0. The van der Waals surface area contributed by atoms with E-state index in [0.29, 0.717) is 23.7 Å². The summed E-state index contributed by atoms with van der Waals surface area (Å²) in [5.41, 5.74) is 0.462. The van der Waals surface area contributed by atoms with E-state index in [4.69, 9.17) is 14.2 Å². The Hall–Kier alpha value is -2.89. The van der Waals surface area contributed by atoms with Crippen molar-refractivity contribution in [1.82, 2.24) is 0 Å². The van der Waals surface area contributed by atoms with Crippen LogP contribution < -0.4 is 14.2 Å². The van der Waals surface area contributed by atoms with Gasteiger partial charge in [-0.05, 0) is 37.1 Å². The van der Waals surface area contributed by atoms with Crippen molar-refractivity contribution in [2.45, 2.75) is 26.2 Å². The second kappa shape index (κ2) is 7.56. The summed E-state index contributed by atoms with van der Waals surface area (Å²) in [6.07, 6.45) is 0.207. The quantitative estimate of drug-likeness (QED) is 0.579. The summed E-state index contributed by atoms with van der Waals surface area (Å²) in [4.78, 5) is 24.3. The first-order chi connectivity index (χ1) is 12.5. The Morgan fingerprint density at radius 1 is 1.12 bits per heavy atom. The van der Waals surface area contributed by atoms with Crippen LogP contribution in [0.5, 0.6) is 17.2 Å². The minimum absolute atomic E-state index is 0.0717. The van der Waals surface area contributed by atoms with E-state index in [1.807, 2.05) is 6.92 Å². The largest absolute Gasteiger partial charge is 0.490 e. The molecule has 0 bridgehead atoms. The minimum atomic E-state index is -0.683. The lowest BCUT2D eigenvalue weighted by Crippen LogP contribution is -2.19. The molecule has 0 heterocycles. The van der Waals surface area contributed by atoms with Crippen molar-refractivity contribution in [2.24, 2.45) is 0 Å². The van der Waals surface area contributed by atoms with Crippen LogP contribution in [0.25, 0.3) is 0 Å². The summed E-state index contributed by atoms with van der Waals surface area (Å²) in [6, 6.07) is 9.48. The molecule has 0 spiro atoms. The third-order valence-corrected chi connectivity index (χ3v) is 4.14. The highest BCUT2D eigenvalue weighted by atomic mass is 19.1. The third-order valence-electron chi connectivity index (χ3n) is 4.14. The fraction of sp³-hybridized carbons (Fsp3) is 0.300. The molecule has 26 heavy (non-hydrogen) atoms. The van der Waals surface area contributed by atoms with Crippen molar-refractivity contribution < 1.29 is 28.2 Å². The fourth-order valence-electron chi connectivity index (χ4n) is 3.04. The monoisotopic (exact) mass is 358 g/mol. The lowest BCUT2D eigenvalue weighted by Gasteiger charge is -2.13. The zero-order chi connectivity index (χ0) is 18.7. The van der Waals surface area contributed by atoms with Crippen molar-refractivity contribution in [1.29, 1.82) is 0 Å². The SMILES string of the molecule is CCOc1ccccc1OCC(=O)Oc1ccc(F)c2c1C(=O)CC2C. The zero-order valence-corrected chi connectivity index (χ0v) is 14.6. The van der Waals surface area contributed by atoms with Crippen LogP contribution in [0.2, 0.25) is 0 Å². The second-order valence-corrected chi connectivity index (χ2v) is 6.01. The van der Waals surface area contributed by atoms with Gasteiger partial charge in [0.2, 0.25) is 0 Å². The minimum Gasteiger partial charge on any atom is -0.490 e. The zero-order valence-electron chi connectivity index (χ0n) is 14.6. The molecule has 136 valence electrons. The van der Waals surface area contributed by atoms with Crippen molar-refractivity contribution in [3.8, 4) is 17.2 Å². The molecule has 0 N–H and O–H groups in total. The van der Waals surface area contributed by atoms with Gasteiger partial charge in [0.1, 0.15) is 11.6 Å². The molecule has 0 fully saturated rings. The molecule has 0 amide bonds. The van der Waals surface area contributed by atoms with Crippen LogP contribution in [-0.2, 0) is 4.79 Å². The maximum absolute atomic E-state index is 14.0. The van der Waals surface area contributed by atoms with Crippen molar-refractivity contribution >= 4 is 11.8 Å². The third kappa shape index (κ3) is 3.54. The number of hydrogen-bond acceptors (Lipinski definition) is 5. The fourth-order valence-corrected chi connectivity index (χ4v) is 3.04. The number of hydrogen-bond donors (Lipinski definition) is 0.